The molecule has 0 N–H and O–H groups in total. The molecule has 0 aromatic carbocycles. The molecule has 0 aromatic heterocycles. The molecule has 0 radical (unpaired) electrons. The maximum atomic E-state index is 11.4. The molecule has 76 valence electrons. The molecule has 0 aliphatic heterocycles. The summed E-state index contributed by atoms with van der Waals surface area (Å²) in [6, 6.07) is 0. The number of carbonyl (C=O) groups is 1. The fourth-order valence-corrected chi connectivity index (χ4v) is 4.08. The summed E-state index contributed by atoms with van der Waals surface area (Å²) in [6.07, 6.45) is 8.83. The number of rotatable bonds is 0. The van der Waals surface area contributed by atoms with Crippen LogP contribution in [-0.4, -0.2) is 5.78 Å². The minimum absolute atomic E-state index is 0.361. The van der Waals surface area contributed by atoms with Crippen LogP contribution in [0.3, 0.4) is 0 Å². The van der Waals surface area contributed by atoms with Gasteiger partial charge in [-0.1, -0.05) is 19.9 Å². The molecule has 3 aliphatic carbocycles. The second kappa shape index (κ2) is 2.32. The number of allylic oxidation sites excluding steroid dienone is 2. The molecule has 14 heavy (non-hydrogen) atoms. The van der Waals surface area contributed by atoms with Crippen LogP contribution in [-0.2, 0) is 4.79 Å². The van der Waals surface area contributed by atoms with Crippen molar-refractivity contribution in [2.24, 2.45) is 22.7 Å². The van der Waals surface area contributed by atoms with Gasteiger partial charge in [-0.2, -0.15) is 0 Å². The van der Waals surface area contributed by atoms with Crippen molar-refractivity contribution in [3.8, 4) is 0 Å². The third-order valence-electron chi connectivity index (χ3n) is 5.32. The Kier molecular flexibility index (Phi) is 1.44. The highest BCUT2D eigenvalue weighted by molar-refractivity contribution is 5.92. The van der Waals surface area contributed by atoms with E-state index in [2.05, 4.69) is 19.9 Å². The maximum absolute atomic E-state index is 11.4. The van der Waals surface area contributed by atoms with Crippen molar-refractivity contribution in [1.29, 1.82) is 0 Å². The fraction of sp³-hybridized carbons (Fsp3) is 0.769. The minimum Gasteiger partial charge on any atom is -0.295 e. The lowest BCUT2D eigenvalue weighted by Crippen LogP contribution is -2.33. The van der Waals surface area contributed by atoms with Crippen LogP contribution in [0.25, 0.3) is 0 Å². The highest BCUT2D eigenvalue weighted by atomic mass is 16.1. The second-order valence-corrected chi connectivity index (χ2v) is 5.78. The number of hydrogen-bond acceptors (Lipinski definition) is 1. The van der Waals surface area contributed by atoms with Gasteiger partial charge < -0.3 is 0 Å². The van der Waals surface area contributed by atoms with Crippen molar-refractivity contribution < 1.29 is 4.79 Å². The number of ketones is 1. The summed E-state index contributed by atoms with van der Waals surface area (Å²) in [7, 11) is 0. The molecule has 3 aliphatic rings. The van der Waals surface area contributed by atoms with E-state index in [4.69, 9.17) is 0 Å². The van der Waals surface area contributed by atoms with E-state index in [-0.39, 0.29) is 0 Å². The van der Waals surface area contributed by atoms with E-state index in [9.17, 15) is 4.79 Å². The molecule has 0 amide bonds. The lowest BCUT2D eigenvalue weighted by Gasteiger charge is -2.39. The molecule has 0 aromatic rings. The van der Waals surface area contributed by atoms with Gasteiger partial charge in [-0.05, 0) is 48.0 Å². The van der Waals surface area contributed by atoms with Gasteiger partial charge in [-0.25, -0.2) is 0 Å². The molecule has 0 saturated heterocycles. The summed E-state index contributed by atoms with van der Waals surface area (Å²) in [6.45, 7) is 4.75. The van der Waals surface area contributed by atoms with Crippen molar-refractivity contribution in [3.63, 3.8) is 0 Å². The molecule has 1 heteroatoms. The molecule has 2 fully saturated rings. The third kappa shape index (κ3) is 0.796. The summed E-state index contributed by atoms with van der Waals surface area (Å²) < 4.78 is 0. The van der Waals surface area contributed by atoms with Gasteiger partial charge in [0, 0.05) is 6.42 Å². The maximum Gasteiger partial charge on any atom is 0.155 e. The topological polar surface area (TPSA) is 17.1 Å². The standard InChI is InChI=1S/C13H18O/c1-9-3-5-12-7-11(14)4-6-13(12,8-12)10(9)2/h4,6,9-10H,3,5,7-8H2,1-2H3. The first-order valence-electron chi connectivity index (χ1n) is 5.82. The molecule has 4 atom stereocenters. The average Bonchev–Trinajstić information content (AvgIpc) is 2.82. The van der Waals surface area contributed by atoms with Crippen LogP contribution in [0.2, 0.25) is 0 Å². The molecule has 4 unspecified atom stereocenters. The van der Waals surface area contributed by atoms with E-state index in [1.807, 2.05) is 6.08 Å². The molecule has 3 rings (SSSR count). The van der Waals surface area contributed by atoms with E-state index in [0.29, 0.717) is 16.6 Å². The van der Waals surface area contributed by atoms with Crippen LogP contribution in [0.1, 0.15) is 39.5 Å². The molecular weight excluding hydrogens is 172 g/mol. The van der Waals surface area contributed by atoms with E-state index >= 15 is 0 Å². The van der Waals surface area contributed by atoms with Gasteiger partial charge >= 0.3 is 0 Å². The summed E-state index contributed by atoms with van der Waals surface area (Å²) in [5.41, 5.74) is 0.837. The lowest BCUT2D eigenvalue weighted by atomic mass is 9.65. The van der Waals surface area contributed by atoms with Crippen molar-refractivity contribution in [2.75, 3.05) is 0 Å². The lowest BCUT2D eigenvalue weighted by molar-refractivity contribution is -0.117. The normalized spacial score (nSPS) is 55.1. The number of carbonyl (C=O) groups excluding carboxylic acids is 1. The van der Waals surface area contributed by atoms with Gasteiger partial charge in [-0.3, -0.25) is 4.79 Å². The smallest absolute Gasteiger partial charge is 0.155 e. The van der Waals surface area contributed by atoms with Crippen molar-refractivity contribution >= 4 is 5.78 Å². The van der Waals surface area contributed by atoms with Gasteiger partial charge in [0.25, 0.3) is 0 Å². The van der Waals surface area contributed by atoms with Crippen molar-refractivity contribution in [3.05, 3.63) is 12.2 Å². The summed E-state index contributed by atoms with van der Waals surface area (Å²) >= 11 is 0. The van der Waals surface area contributed by atoms with Gasteiger partial charge in [0.2, 0.25) is 0 Å². The Labute approximate surface area is 85.6 Å². The molecule has 2 saturated carbocycles. The molecule has 0 heterocycles. The number of hydrogen-bond donors (Lipinski definition) is 0. The monoisotopic (exact) mass is 190 g/mol. The summed E-state index contributed by atoms with van der Waals surface area (Å²) in [5, 5.41) is 0. The quantitative estimate of drug-likeness (QED) is 0.574. The summed E-state index contributed by atoms with van der Waals surface area (Å²) in [5.74, 6) is 1.98. The van der Waals surface area contributed by atoms with Crippen LogP contribution in [0.5, 0.6) is 0 Å². The largest absolute Gasteiger partial charge is 0.295 e. The zero-order valence-electron chi connectivity index (χ0n) is 9.05. The average molecular weight is 190 g/mol. The van der Waals surface area contributed by atoms with E-state index in [0.717, 1.165) is 18.3 Å². The first kappa shape index (κ1) is 8.70. The Morgan fingerprint density at radius 1 is 1.43 bits per heavy atom. The van der Waals surface area contributed by atoms with Crippen LogP contribution in [0, 0.1) is 22.7 Å². The van der Waals surface area contributed by atoms with Gasteiger partial charge in [0.15, 0.2) is 5.78 Å². The van der Waals surface area contributed by atoms with Gasteiger partial charge in [-0.15, -0.1) is 0 Å². The van der Waals surface area contributed by atoms with Crippen molar-refractivity contribution in [2.45, 2.75) is 39.5 Å². The molecule has 1 nitrogen and oxygen atoms in total. The first-order valence-corrected chi connectivity index (χ1v) is 5.82. The Balaban J connectivity index is 2.02. The Morgan fingerprint density at radius 3 is 3.00 bits per heavy atom. The van der Waals surface area contributed by atoms with E-state index in [1.165, 1.54) is 19.3 Å². The zero-order valence-corrected chi connectivity index (χ0v) is 9.05. The minimum atomic E-state index is 0.361. The third-order valence-corrected chi connectivity index (χ3v) is 5.32. The highest BCUT2D eigenvalue weighted by Gasteiger charge is 2.71. The molecular formula is C13H18O. The highest BCUT2D eigenvalue weighted by Crippen LogP contribution is 2.77. The second-order valence-electron chi connectivity index (χ2n) is 5.78. The zero-order chi connectivity index (χ0) is 9.97. The van der Waals surface area contributed by atoms with Gasteiger partial charge in [0.05, 0.1) is 0 Å². The Hall–Kier alpha value is -0.590. The van der Waals surface area contributed by atoms with Crippen molar-refractivity contribution in [1.82, 2.24) is 0 Å². The van der Waals surface area contributed by atoms with Crippen LogP contribution < -0.4 is 0 Å². The molecule has 0 bridgehead atoms. The predicted molar refractivity (Wildman–Crippen MR) is 55.8 cm³/mol. The summed E-state index contributed by atoms with van der Waals surface area (Å²) in [4.78, 5) is 11.4. The van der Waals surface area contributed by atoms with E-state index < -0.39 is 0 Å². The molecule has 0 spiro atoms. The van der Waals surface area contributed by atoms with Gasteiger partial charge in [0.1, 0.15) is 0 Å². The predicted octanol–water partition coefficient (Wildman–Crippen LogP) is 2.96. The Morgan fingerprint density at radius 2 is 2.21 bits per heavy atom. The van der Waals surface area contributed by atoms with Crippen LogP contribution in [0.4, 0.5) is 0 Å². The fourth-order valence-electron chi connectivity index (χ4n) is 4.08. The first-order chi connectivity index (χ1) is 6.60. The van der Waals surface area contributed by atoms with Crippen LogP contribution in [0.15, 0.2) is 12.2 Å². The SMILES string of the molecule is CC1CCC23CC(=O)C=CC2(C3)C1C. The van der Waals surface area contributed by atoms with E-state index in [1.54, 1.807) is 0 Å². The van der Waals surface area contributed by atoms with Crippen LogP contribution >= 0.6 is 0 Å². The Bertz CT molecular complexity index is 330.